The van der Waals surface area contributed by atoms with E-state index in [4.69, 9.17) is 0 Å². The van der Waals surface area contributed by atoms with Gasteiger partial charge in [0.05, 0.1) is 5.69 Å². The van der Waals surface area contributed by atoms with E-state index in [1.54, 1.807) is 24.3 Å². The first-order valence-corrected chi connectivity index (χ1v) is 6.62. The molecule has 20 heavy (non-hydrogen) atoms. The molecular formula is C16H15FN2O. The summed E-state index contributed by atoms with van der Waals surface area (Å²) < 4.78 is 13.5. The summed E-state index contributed by atoms with van der Waals surface area (Å²) in [5.41, 5.74) is 3.16. The fraction of sp³-hybridized carbons (Fsp3) is 0.188. The van der Waals surface area contributed by atoms with Crippen molar-refractivity contribution in [3.63, 3.8) is 0 Å². The van der Waals surface area contributed by atoms with Crippen LogP contribution in [0.3, 0.4) is 0 Å². The van der Waals surface area contributed by atoms with E-state index in [2.05, 4.69) is 10.6 Å². The molecule has 0 fully saturated rings. The third-order valence-electron chi connectivity index (χ3n) is 3.48. The van der Waals surface area contributed by atoms with Gasteiger partial charge in [-0.25, -0.2) is 4.39 Å². The van der Waals surface area contributed by atoms with Crippen LogP contribution in [0.1, 0.15) is 21.5 Å². The lowest BCUT2D eigenvalue weighted by molar-refractivity contribution is 0.102. The normalized spacial score (nSPS) is 13.7. The van der Waals surface area contributed by atoms with Crippen LogP contribution < -0.4 is 10.6 Å². The number of hydrogen-bond donors (Lipinski definition) is 2. The molecule has 2 N–H and O–H groups in total. The van der Waals surface area contributed by atoms with E-state index in [0.29, 0.717) is 5.56 Å². The van der Waals surface area contributed by atoms with Crippen LogP contribution in [0.4, 0.5) is 10.1 Å². The maximum Gasteiger partial charge on any atom is 0.255 e. The van der Waals surface area contributed by atoms with E-state index in [-0.39, 0.29) is 11.6 Å². The fourth-order valence-electron chi connectivity index (χ4n) is 2.38. The molecule has 0 aromatic heterocycles. The van der Waals surface area contributed by atoms with Crippen molar-refractivity contribution < 1.29 is 9.18 Å². The molecule has 0 spiro atoms. The maximum atomic E-state index is 13.5. The van der Waals surface area contributed by atoms with E-state index in [1.165, 1.54) is 11.6 Å². The molecule has 4 heteroatoms. The Hall–Kier alpha value is -2.20. The highest BCUT2D eigenvalue weighted by atomic mass is 19.1. The molecular weight excluding hydrogens is 255 g/mol. The number of anilines is 1. The molecule has 0 saturated carbocycles. The summed E-state index contributed by atoms with van der Waals surface area (Å²) in [6.45, 7) is 1.74. The van der Waals surface area contributed by atoms with E-state index in [9.17, 15) is 9.18 Å². The summed E-state index contributed by atoms with van der Waals surface area (Å²) in [7, 11) is 0. The van der Waals surface area contributed by atoms with Crippen LogP contribution in [-0.4, -0.2) is 12.5 Å². The summed E-state index contributed by atoms with van der Waals surface area (Å²) in [5.74, 6) is -0.719. The minimum atomic E-state index is -0.430. The Balaban J connectivity index is 1.82. The van der Waals surface area contributed by atoms with Crippen molar-refractivity contribution in [3.8, 4) is 0 Å². The average Bonchev–Trinajstić information content (AvgIpc) is 2.49. The maximum absolute atomic E-state index is 13.5. The Bertz CT molecular complexity index is 655. The summed E-state index contributed by atoms with van der Waals surface area (Å²) in [6.07, 6.45) is 0.977. The van der Waals surface area contributed by atoms with Crippen LogP contribution in [0.15, 0.2) is 42.5 Å². The van der Waals surface area contributed by atoms with Gasteiger partial charge < -0.3 is 10.6 Å². The van der Waals surface area contributed by atoms with Crippen molar-refractivity contribution in [2.75, 3.05) is 11.9 Å². The van der Waals surface area contributed by atoms with Gasteiger partial charge in [0.2, 0.25) is 0 Å². The van der Waals surface area contributed by atoms with Crippen molar-refractivity contribution in [1.29, 1.82) is 0 Å². The lowest BCUT2D eigenvalue weighted by atomic mass is 9.98. The topological polar surface area (TPSA) is 41.1 Å². The van der Waals surface area contributed by atoms with Gasteiger partial charge in [0.25, 0.3) is 5.91 Å². The number of nitrogens with one attached hydrogen (secondary N) is 2. The number of hydrogen-bond acceptors (Lipinski definition) is 2. The predicted octanol–water partition coefficient (Wildman–Crippen LogP) is 2.72. The van der Waals surface area contributed by atoms with Gasteiger partial charge in [-0.1, -0.05) is 18.2 Å². The predicted molar refractivity (Wildman–Crippen MR) is 76.2 cm³/mol. The van der Waals surface area contributed by atoms with E-state index >= 15 is 0 Å². The lowest BCUT2D eigenvalue weighted by Crippen LogP contribution is -2.24. The van der Waals surface area contributed by atoms with Crippen LogP contribution in [-0.2, 0) is 13.0 Å². The van der Waals surface area contributed by atoms with Gasteiger partial charge in [-0.15, -0.1) is 0 Å². The second kappa shape index (κ2) is 5.43. The minimum Gasteiger partial charge on any atom is -0.319 e. The third-order valence-corrected chi connectivity index (χ3v) is 3.48. The molecule has 0 aliphatic carbocycles. The molecule has 0 radical (unpaired) electrons. The van der Waals surface area contributed by atoms with Crippen molar-refractivity contribution in [2.45, 2.75) is 13.0 Å². The second-order valence-electron chi connectivity index (χ2n) is 4.84. The summed E-state index contributed by atoms with van der Waals surface area (Å²) in [6, 6.07) is 11.8. The molecule has 3 nitrogen and oxygen atoms in total. The monoisotopic (exact) mass is 270 g/mol. The Labute approximate surface area is 116 Å². The molecule has 2 aromatic carbocycles. The smallest absolute Gasteiger partial charge is 0.255 e. The quantitative estimate of drug-likeness (QED) is 0.881. The molecule has 0 atom stereocenters. The average molecular weight is 270 g/mol. The highest BCUT2D eigenvalue weighted by molar-refractivity contribution is 6.04. The third kappa shape index (κ3) is 2.56. The van der Waals surface area contributed by atoms with Crippen LogP contribution in [0.5, 0.6) is 0 Å². The van der Waals surface area contributed by atoms with E-state index in [0.717, 1.165) is 25.1 Å². The largest absolute Gasteiger partial charge is 0.319 e. The highest BCUT2D eigenvalue weighted by Gasteiger charge is 2.13. The van der Waals surface area contributed by atoms with Crippen molar-refractivity contribution >= 4 is 11.6 Å². The first kappa shape index (κ1) is 12.8. The van der Waals surface area contributed by atoms with Gasteiger partial charge >= 0.3 is 0 Å². The van der Waals surface area contributed by atoms with Gasteiger partial charge in [-0.05, 0) is 48.4 Å². The Kier molecular flexibility index (Phi) is 3.48. The van der Waals surface area contributed by atoms with Gasteiger partial charge in [-0.3, -0.25) is 4.79 Å². The molecule has 3 rings (SSSR count). The van der Waals surface area contributed by atoms with Gasteiger partial charge in [-0.2, -0.15) is 0 Å². The van der Waals surface area contributed by atoms with Crippen LogP contribution in [0, 0.1) is 5.82 Å². The zero-order valence-corrected chi connectivity index (χ0v) is 10.9. The van der Waals surface area contributed by atoms with E-state index < -0.39 is 5.82 Å². The van der Waals surface area contributed by atoms with Crippen molar-refractivity contribution in [2.24, 2.45) is 0 Å². The Morgan fingerprint density at radius 1 is 1.15 bits per heavy atom. The number of carbonyl (C=O) groups is 1. The molecule has 1 aliphatic rings. The molecule has 0 saturated heterocycles. The fourth-order valence-corrected chi connectivity index (χ4v) is 2.38. The van der Waals surface area contributed by atoms with Crippen molar-refractivity contribution in [1.82, 2.24) is 5.32 Å². The number of benzene rings is 2. The minimum absolute atomic E-state index is 0.202. The summed E-state index contributed by atoms with van der Waals surface area (Å²) in [5, 5.41) is 5.87. The van der Waals surface area contributed by atoms with E-state index in [1.807, 2.05) is 12.1 Å². The van der Waals surface area contributed by atoms with Crippen LogP contribution >= 0.6 is 0 Å². The molecule has 102 valence electrons. The van der Waals surface area contributed by atoms with Gasteiger partial charge in [0.1, 0.15) is 5.82 Å². The number of fused-ring (bicyclic) bond motifs is 1. The van der Waals surface area contributed by atoms with Crippen LogP contribution in [0.2, 0.25) is 0 Å². The van der Waals surface area contributed by atoms with Gasteiger partial charge in [0.15, 0.2) is 0 Å². The molecule has 0 unspecified atom stereocenters. The molecule has 1 heterocycles. The van der Waals surface area contributed by atoms with Crippen molar-refractivity contribution in [3.05, 3.63) is 65.0 Å². The zero-order chi connectivity index (χ0) is 13.9. The molecule has 0 bridgehead atoms. The zero-order valence-electron chi connectivity index (χ0n) is 10.9. The second-order valence-corrected chi connectivity index (χ2v) is 4.84. The molecule has 2 aromatic rings. The number of rotatable bonds is 2. The highest BCUT2D eigenvalue weighted by Crippen LogP contribution is 2.18. The number of halogens is 1. The van der Waals surface area contributed by atoms with Gasteiger partial charge in [0, 0.05) is 12.1 Å². The Morgan fingerprint density at radius 3 is 2.85 bits per heavy atom. The molecule has 1 aliphatic heterocycles. The number of para-hydroxylation sites is 1. The summed E-state index contributed by atoms with van der Waals surface area (Å²) in [4.78, 5) is 12.2. The SMILES string of the molecule is O=C(Nc1ccccc1F)c1ccc2c(c1)CNCC2. The number of amides is 1. The molecule has 1 amide bonds. The lowest BCUT2D eigenvalue weighted by Gasteiger charge is -2.17. The Morgan fingerprint density at radius 2 is 2.00 bits per heavy atom. The first-order chi connectivity index (χ1) is 9.74. The standard InChI is InChI=1S/C16H15FN2O/c17-14-3-1-2-4-15(14)19-16(20)12-6-5-11-7-8-18-10-13(11)9-12/h1-6,9,18H,7-8,10H2,(H,19,20). The first-order valence-electron chi connectivity index (χ1n) is 6.62. The van der Waals surface area contributed by atoms with Crippen LogP contribution in [0.25, 0.3) is 0 Å². The summed E-state index contributed by atoms with van der Waals surface area (Å²) >= 11 is 0. The number of carbonyl (C=O) groups excluding carboxylic acids is 1.